The van der Waals surface area contributed by atoms with Crippen molar-refractivity contribution in [1.29, 1.82) is 0 Å². The van der Waals surface area contributed by atoms with Crippen LogP contribution in [0.15, 0.2) is 36.5 Å². The van der Waals surface area contributed by atoms with E-state index in [-0.39, 0.29) is 5.91 Å². The lowest BCUT2D eigenvalue weighted by molar-refractivity contribution is 0.0637. The highest BCUT2D eigenvalue weighted by atomic mass is 35.5. The lowest BCUT2D eigenvalue weighted by Crippen LogP contribution is -2.48. The van der Waals surface area contributed by atoms with Crippen LogP contribution in [-0.2, 0) is 0 Å². The van der Waals surface area contributed by atoms with E-state index in [9.17, 15) is 4.79 Å². The number of carbonyl (C=O) groups excluding carboxylic acids is 1. The Kier molecular flexibility index (Phi) is 5.56. The van der Waals surface area contributed by atoms with E-state index in [0.29, 0.717) is 10.7 Å². The van der Waals surface area contributed by atoms with Gasteiger partial charge in [-0.15, -0.1) is 0 Å². The highest BCUT2D eigenvalue weighted by molar-refractivity contribution is 6.30. The van der Waals surface area contributed by atoms with Gasteiger partial charge >= 0.3 is 0 Å². The zero-order valence-corrected chi connectivity index (χ0v) is 15.4. The quantitative estimate of drug-likeness (QED) is 0.907. The Hall–Kier alpha value is -2.11. The second-order valence-corrected chi connectivity index (χ2v) is 6.68. The van der Waals surface area contributed by atoms with Gasteiger partial charge in [0.05, 0.1) is 11.9 Å². The number of aromatic nitrogens is 1. The molecule has 0 saturated carbocycles. The summed E-state index contributed by atoms with van der Waals surface area (Å²) in [7, 11) is 0. The van der Waals surface area contributed by atoms with Crippen LogP contribution in [-0.4, -0.2) is 53.4 Å². The third kappa shape index (κ3) is 4.30. The second-order valence-electron chi connectivity index (χ2n) is 6.24. The Bertz CT molecular complexity index is 740. The van der Waals surface area contributed by atoms with Crippen molar-refractivity contribution < 1.29 is 4.79 Å². The molecule has 1 N–H and O–H groups in total. The fourth-order valence-corrected chi connectivity index (χ4v) is 3.17. The molecule has 1 saturated heterocycles. The molecule has 1 aliphatic heterocycles. The number of piperazine rings is 1. The van der Waals surface area contributed by atoms with Crippen molar-refractivity contribution >= 4 is 28.9 Å². The number of rotatable bonds is 4. The number of halogens is 1. The van der Waals surface area contributed by atoms with Gasteiger partial charge in [0.1, 0.15) is 5.69 Å². The molecule has 1 amide bonds. The number of pyridine rings is 1. The first-order valence-electron chi connectivity index (χ1n) is 8.57. The highest BCUT2D eigenvalue weighted by Gasteiger charge is 2.22. The van der Waals surface area contributed by atoms with Gasteiger partial charge in [-0.05, 0) is 49.4 Å². The minimum absolute atomic E-state index is 0.00461. The molecular weight excluding hydrogens is 336 g/mol. The van der Waals surface area contributed by atoms with Crippen molar-refractivity contribution in [3.8, 4) is 0 Å². The molecule has 1 aliphatic rings. The minimum atomic E-state index is 0.00461. The summed E-state index contributed by atoms with van der Waals surface area (Å²) in [4.78, 5) is 21.1. The van der Waals surface area contributed by atoms with Gasteiger partial charge in [-0.1, -0.05) is 18.5 Å². The maximum atomic E-state index is 12.6. The summed E-state index contributed by atoms with van der Waals surface area (Å²) >= 11 is 5.98. The van der Waals surface area contributed by atoms with Crippen LogP contribution in [0.1, 0.15) is 23.0 Å². The van der Waals surface area contributed by atoms with E-state index in [1.54, 1.807) is 12.3 Å². The number of anilines is 2. The SMILES string of the molecule is CCN1CCN(C(=O)c2ccc(Nc3ccc(Cl)cc3C)cn2)CC1. The Labute approximate surface area is 153 Å². The number of nitrogens with one attached hydrogen (secondary N) is 1. The van der Waals surface area contributed by atoms with Gasteiger partial charge in [-0.3, -0.25) is 4.79 Å². The first-order valence-corrected chi connectivity index (χ1v) is 8.95. The van der Waals surface area contributed by atoms with Crippen molar-refractivity contribution in [2.45, 2.75) is 13.8 Å². The van der Waals surface area contributed by atoms with Crippen LogP contribution in [0.25, 0.3) is 0 Å². The van der Waals surface area contributed by atoms with Crippen molar-refractivity contribution in [2.24, 2.45) is 0 Å². The van der Waals surface area contributed by atoms with E-state index >= 15 is 0 Å². The van der Waals surface area contributed by atoms with Gasteiger partial charge in [0.2, 0.25) is 0 Å². The van der Waals surface area contributed by atoms with Gasteiger partial charge in [0, 0.05) is 36.9 Å². The Morgan fingerprint density at radius 2 is 1.96 bits per heavy atom. The maximum Gasteiger partial charge on any atom is 0.272 e. The zero-order valence-electron chi connectivity index (χ0n) is 14.6. The molecule has 0 radical (unpaired) electrons. The van der Waals surface area contributed by atoms with Crippen LogP contribution in [0, 0.1) is 6.92 Å². The van der Waals surface area contributed by atoms with E-state index < -0.39 is 0 Å². The van der Waals surface area contributed by atoms with Crippen LogP contribution in [0.4, 0.5) is 11.4 Å². The fourth-order valence-electron chi connectivity index (χ4n) is 2.95. The third-order valence-electron chi connectivity index (χ3n) is 4.56. The van der Waals surface area contributed by atoms with E-state index in [4.69, 9.17) is 11.6 Å². The predicted octanol–water partition coefficient (Wildman–Crippen LogP) is 3.56. The summed E-state index contributed by atoms with van der Waals surface area (Å²) in [5, 5.41) is 4.02. The molecule has 132 valence electrons. The summed E-state index contributed by atoms with van der Waals surface area (Å²) in [5.41, 5.74) is 3.36. The van der Waals surface area contributed by atoms with Gasteiger partial charge < -0.3 is 15.1 Å². The van der Waals surface area contributed by atoms with E-state index in [2.05, 4.69) is 22.1 Å². The summed E-state index contributed by atoms with van der Waals surface area (Å²) in [5.74, 6) is 0.00461. The number of hydrogen-bond acceptors (Lipinski definition) is 4. The second kappa shape index (κ2) is 7.85. The van der Waals surface area contributed by atoms with Crippen LogP contribution < -0.4 is 5.32 Å². The number of likely N-dealkylation sites (N-methyl/N-ethyl adjacent to an activating group) is 1. The van der Waals surface area contributed by atoms with E-state index in [0.717, 1.165) is 49.7 Å². The Morgan fingerprint density at radius 1 is 1.20 bits per heavy atom. The molecule has 0 aliphatic carbocycles. The standard InChI is InChI=1S/C19H23ClN4O/c1-3-23-8-10-24(11-9-23)19(25)18-7-5-16(13-21-18)22-17-6-4-15(20)12-14(17)2/h4-7,12-13,22H,3,8-11H2,1-2H3. The minimum Gasteiger partial charge on any atom is -0.354 e. The van der Waals surface area contributed by atoms with Crippen molar-refractivity contribution in [3.63, 3.8) is 0 Å². The van der Waals surface area contributed by atoms with Crippen LogP contribution in [0.5, 0.6) is 0 Å². The van der Waals surface area contributed by atoms with Crippen LogP contribution in [0.3, 0.4) is 0 Å². The summed E-state index contributed by atoms with van der Waals surface area (Å²) in [6.07, 6.45) is 1.70. The molecule has 3 rings (SSSR count). The normalized spacial score (nSPS) is 15.2. The number of aryl methyl sites for hydroxylation is 1. The van der Waals surface area contributed by atoms with E-state index in [1.165, 1.54) is 0 Å². The average molecular weight is 359 g/mol. The Balaban J connectivity index is 1.64. The van der Waals surface area contributed by atoms with Crippen molar-refractivity contribution in [1.82, 2.24) is 14.8 Å². The predicted molar refractivity (Wildman–Crippen MR) is 102 cm³/mol. The molecule has 2 heterocycles. The zero-order chi connectivity index (χ0) is 17.8. The number of hydrogen-bond donors (Lipinski definition) is 1. The van der Waals surface area contributed by atoms with E-state index in [1.807, 2.05) is 36.1 Å². The summed E-state index contributed by atoms with van der Waals surface area (Å²) in [6, 6.07) is 9.35. The van der Waals surface area contributed by atoms with Crippen LogP contribution in [0.2, 0.25) is 5.02 Å². The molecule has 0 bridgehead atoms. The number of benzene rings is 1. The van der Waals surface area contributed by atoms with Crippen molar-refractivity contribution in [3.05, 3.63) is 52.8 Å². The van der Waals surface area contributed by atoms with Crippen LogP contribution >= 0.6 is 11.6 Å². The highest BCUT2D eigenvalue weighted by Crippen LogP contribution is 2.23. The number of amides is 1. The molecule has 5 nitrogen and oxygen atoms in total. The summed E-state index contributed by atoms with van der Waals surface area (Å²) < 4.78 is 0. The average Bonchev–Trinajstić information content (AvgIpc) is 2.64. The Morgan fingerprint density at radius 3 is 2.56 bits per heavy atom. The lowest BCUT2D eigenvalue weighted by Gasteiger charge is -2.33. The third-order valence-corrected chi connectivity index (χ3v) is 4.79. The smallest absolute Gasteiger partial charge is 0.272 e. The fraction of sp³-hybridized carbons (Fsp3) is 0.368. The molecular formula is C19H23ClN4O. The molecule has 0 unspecified atom stereocenters. The molecule has 2 aromatic rings. The van der Waals surface area contributed by atoms with Gasteiger partial charge in [0.15, 0.2) is 0 Å². The lowest BCUT2D eigenvalue weighted by atomic mass is 10.2. The molecule has 1 aromatic heterocycles. The molecule has 6 heteroatoms. The number of carbonyl (C=O) groups is 1. The summed E-state index contributed by atoms with van der Waals surface area (Å²) in [6.45, 7) is 8.56. The molecule has 0 spiro atoms. The molecule has 0 atom stereocenters. The number of nitrogens with zero attached hydrogens (tertiary/aromatic N) is 3. The maximum absolute atomic E-state index is 12.6. The first-order chi connectivity index (χ1) is 12.1. The molecule has 1 aromatic carbocycles. The molecule has 25 heavy (non-hydrogen) atoms. The monoisotopic (exact) mass is 358 g/mol. The molecule has 1 fully saturated rings. The topological polar surface area (TPSA) is 48.5 Å². The van der Waals surface area contributed by atoms with Crippen molar-refractivity contribution in [2.75, 3.05) is 38.0 Å². The largest absolute Gasteiger partial charge is 0.354 e. The first kappa shape index (κ1) is 17.7. The van der Waals surface area contributed by atoms with Gasteiger partial charge in [-0.25, -0.2) is 4.98 Å². The van der Waals surface area contributed by atoms with Gasteiger partial charge in [0.25, 0.3) is 5.91 Å². The van der Waals surface area contributed by atoms with Gasteiger partial charge in [-0.2, -0.15) is 0 Å².